The Balaban J connectivity index is 2.03. The second-order valence-corrected chi connectivity index (χ2v) is 6.25. The van der Waals surface area contributed by atoms with Gasteiger partial charge in [0, 0.05) is 13.1 Å². The zero-order chi connectivity index (χ0) is 17.4. The van der Waals surface area contributed by atoms with Crippen molar-refractivity contribution in [1.82, 2.24) is 10.2 Å². The highest BCUT2D eigenvalue weighted by Gasteiger charge is 2.28. The van der Waals surface area contributed by atoms with E-state index in [0.717, 1.165) is 45.2 Å². The van der Waals surface area contributed by atoms with Crippen LogP contribution in [0, 0.1) is 0 Å². The Kier molecular flexibility index (Phi) is 7.09. The molecule has 1 aromatic carbocycles. The van der Waals surface area contributed by atoms with E-state index in [1.165, 1.54) is 0 Å². The predicted molar refractivity (Wildman–Crippen MR) is 94.2 cm³/mol. The molecule has 1 atom stereocenters. The van der Waals surface area contributed by atoms with Crippen molar-refractivity contribution in [2.45, 2.75) is 51.5 Å². The van der Waals surface area contributed by atoms with Crippen LogP contribution in [0.2, 0.25) is 0 Å². The zero-order valence-electron chi connectivity index (χ0n) is 14.7. The summed E-state index contributed by atoms with van der Waals surface area (Å²) in [7, 11) is 1.54. The van der Waals surface area contributed by atoms with Crippen LogP contribution in [0.15, 0.2) is 24.3 Å². The third-order valence-corrected chi connectivity index (χ3v) is 4.47. The van der Waals surface area contributed by atoms with Crippen LogP contribution in [-0.4, -0.2) is 43.0 Å². The lowest BCUT2D eigenvalue weighted by Crippen LogP contribution is -2.47. The first kappa shape index (κ1) is 18.3. The van der Waals surface area contributed by atoms with E-state index < -0.39 is 6.04 Å². The van der Waals surface area contributed by atoms with E-state index in [0.29, 0.717) is 17.7 Å². The van der Waals surface area contributed by atoms with Crippen LogP contribution >= 0.6 is 0 Å². The van der Waals surface area contributed by atoms with Crippen molar-refractivity contribution in [3.05, 3.63) is 29.8 Å². The Bertz CT molecular complexity index is 559. The molecule has 0 radical (unpaired) electrons. The first-order valence-corrected chi connectivity index (χ1v) is 8.90. The van der Waals surface area contributed by atoms with Crippen LogP contribution in [0.1, 0.15) is 55.8 Å². The summed E-state index contributed by atoms with van der Waals surface area (Å²) in [5.74, 6) is 0.323. The van der Waals surface area contributed by atoms with Gasteiger partial charge in [0.15, 0.2) is 0 Å². The molecule has 5 heteroatoms. The van der Waals surface area contributed by atoms with Crippen LogP contribution < -0.4 is 10.1 Å². The van der Waals surface area contributed by atoms with Crippen molar-refractivity contribution in [1.29, 1.82) is 0 Å². The molecule has 0 spiro atoms. The van der Waals surface area contributed by atoms with E-state index in [-0.39, 0.29) is 11.8 Å². The molecule has 2 rings (SSSR count). The molecule has 1 fully saturated rings. The normalized spacial score (nSPS) is 18.2. The minimum Gasteiger partial charge on any atom is -0.496 e. The number of rotatable bonds is 7. The summed E-state index contributed by atoms with van der Waals surface area (Å²) in [6.45, 7) is 3.73. The average molecular weight is 332 g/mol. The van der Waals surface area contributed by atoms with Gasteiger partial charge in [-0.15, -0.1) is 0 Å². The summed E-state index contributed by atoms with van der Waals surface area (Å²) < 4.78 is 5.24. The van der Waals surface area contributed by atoms with Gasteiger partial charge in [-0.05, 0) is 37.8 Å². The molecule has 0 saturated carbocycles. The maximum absolute atomic E-state index is 12.7. The van der Waals surface area contributed by atoms with Crippen LogP contribution in [0.25, 0.3) is 0 Å². The Labute approximate surface area is 144 Å². The fraction of sp³-hybridized carbons (Fsp3) is 0.579. The van der Waals surface area contributed by atoms with E-state index in [1.807, 2.05) is 11.0 Å². The second kappa shape index (κ2) is 9.30. The highest BCUT2D eigenvalue weighted by atomic mass is 16.5. The Hall–Kier alpha value is -2.04. The summed E-state index contributed by atoms with van der Waals surface area (Å²) >= 11 is 0. The highest BCUT2D eigenvalue weighted by molar-refractivity contribution is 5.99. The molecule has 1 heterocycles. The summed E-state index contributed by atoms with van der Waals surface area (Å²) in [6.07, 6.45) is 5.93. The SMILES string of the molecule is CCCCCN1CCCCC(NC(=O)c2ccccc2OC)C1=O. The standard InChI is InChI=1S/C19H28N2O3/c1-3-4-8-13-21-14-9-7-11-16(19(21)23)20-18(22)15-10-5-6-12-17(15)24-2/h5-6,10,12,16H,3-4,7-9,11,13-14H2,1-2H3,(H,20,22). The number of para-hydroxylation sites is 1. The van der Waals surface area contributed by atoms with Gasteiger partial charge in [-0.1, -0.05) is 31.9 Å². The first-order chi connectivity index (χ1) is 11.7. The van der Waals surface area contributed by atoms with Gasteiger partial charge in [-0.25, -0.2) is 0 Å². The quantitative estimate of drug-likeness (QED) is 0.781. The molecule has 24 heavy (non-hydrogen) atoms. The van der Waals surface area contributed by atoms with E-state index in [9.17, 15) is 9.59 Å². The van der Waals surface area contributed by atoms with E-state index in [1.54, 1.807) is 25.3 Å². The maximum Gasteiger partial charge on any atom is 0.255 e. The number of nitrogens with one attached hydrogen (secondary N) is 1. The number of amides is 2. The highest BCUT2D eigenvalue weighted by Crippen LogP contribution is 2.19. The Morgan fingerprint density at radius 2 is 2.08 bits per heavy atom. The Morgan fingerprint density at radius 1 is 1.29 bits per heavy atom. The number of carbonyl (C=O) groups excluding carboxylic acids is 2. The maximum atomic E-state index is 12.7. The molecule has 1 aromatic rings. The molecule has 5 nitrogen and oxygen atoms in total. The van der Waals surface area contributed by atoms with Gasteiger partial charge in [0.2, 0.25) is 5.91 Å². The van der Waals surface area contributed by atoms with Crippen LogP contribution in [0.3, 0.4) is 0 Å². The molecule has 0 aliphatic carbocycles. The number of likely N-dealkylation sites (tertiary alicyclic amines) is 1. The van der Waals surface area contributed by atoms with Crippen molar-refractivity contribution in [2.24, 2.45) is 0 Å². The second-order valence-electron chi connectivity index (χ2n) is 6.25. The fourth-order valence-electron chi connectivity index (χ4n) is 3.08. The molecular formula is C19H28N2O3. The monoisotopic (exact) mass is 332 g/mol. The van der Waals surface area contributed by atoms with Gasteiger partial charge in [0.1, 0.15) is 11.8 Å². The molecule has 1 unspecified atom stereocenters. The van der Waals surface area contributed by atoms with Crippen molar-refractivity contribution in [3.63, 3.8) is 0 Å². The van der Waals surface area contributed by atoms with Crippen LogP contribution in [0.5, 0.6) is 5.75 Å². The van der Waals surface area contributed by atoms with Gasteiger partial charge in [-0.2, -0.15) is 0 Å². The first-order valence-electron chi connectivity index (χ1n) is 8.90. The van der Waals surface area contributed by atoms with Crippen LogP contribution in [-0.2, 0) is 4.79 Å². The molecule has 1 saturated heterocycles. The number of ether oxygens (including phenoxy) is 1. The molecular weight excluding hydrogens is 304 g/mol. The molecule has 132 valence electrons. The number of methoxy groups -OCH3 is 1. The number of hydrogen-bond donors (Lipinski definition) is 1. The minimum atomic E-state index is -0.438. The van der Waals surface area contributed by atoms with Gasteiger partial charge < -0.3 is 15.0 Å². The Morgan fingerprint density at radius 3 is 2.83 bits per heavy atom. The molecule has 0 aromatic heterocycles. The third kappa shape index (κ3) is 4.73. The average Bonchev–Trinajstić information content (AvgIpc) is 2.77. The molecule has 0 bridgehead atoms. The van der Waals surface area contributed by atoms with Gasteiger partial charge in [-0.3, -0.25) is 9.59 Å². The lowest BCUT2D eigenvalue weighted by molar-refractivity contribution is -0.132. The largest absolute Gasteiger partial charge is 0.496 e. The third-order valence-electron chi connectivity index (χ3n) is 4.47. The minimum absolute atomic E-state index is 0.0480. The van der Waals surface area contributed by atoms with Crippen molar-refractivity contribution >= 4 is 11.8 Å². The van der Waals surface area contributed by atoms with E-state index in [2.05, 4.69) is 12.2 Å². The van der Waals surface area contributed by atoms with Crippen LogP contribution in [0.4, 0.5) is 0 Å². The molecule has 1 aliphatic heterocycles. The summed E-state index contributed by atoms with van der Waals surface area (Å²) in [5.41, 5.74) is 0.467. The van der Waals surface area contributed by atoms with Gasteiger partial charge in [0.25, 0.3) is 5.91 Å². The topological polar surface area (TPSA) is 58.6 Å². The summed E-state index contributed by atoms with van der Waals surface area (Å²) in [6, 6.07) is 6.65. The number of nitrogens with zero attached hydrogens (tertiary/aromatic N) is 1. The molecule has 1 N–H and O–H groups in total. The predicted octanol–water partition coefficient (Wildman–Crippen LogP) is 3.00. The van der Waals surface area contributed by atoms with Crippen molar-refractivity contribution < 1.29 is 14.3 Å². The molecule has 1 aliphatic rings. The van der Waals surface area contributed by atoms with Gasteiger partial charge in [0.05, 0.1) is 12.7 Å². The fourth-order valence-corrected chi connectivity index (χ4v) is 3.08. The van der Waals surface area contributed by atoms with E-state index >= 15 is 0 Å². The van der Waals surface area contributed by atoms with E-state index in [4.69, 9.17) is 4.74 Å². The van der Waals surface area contributed by atoms with Crippen molar-refractivity contribution in [2.75, 3.05) is 20.2 Å². The zero-order valence-corrected chi connectivity index (χ0v) is 14.7. The number of hydrogen-bond acceptors (Lipinski definition) is 3. The number of benzene rings is 1. The smallest absolute Gasteiger partial charge is 0.255 e. The van der Waals surface area contributed by atoms with Gasteiger partial charge >= 0.3 is 0 Å². The lowest BCUT2D eigenvalue weighted by Gasteiger charge is -2.25. The number of unbranched alkanes of at least 4 members (excludes halogenated alkanes) is 2. The number of carbonyl (C=O) groups is 2. The summed E-state index contributed by atoms with van der Waals surface area (Å²) in [4.78, 5) is 27.2. The molecule has 2 amide bonds. The lowest BCUT2D eigenvalue weighted by atomic mass is 10.1. The summed E-state index contributed by atoms with van der Waals surface area (Å²) in [5, 5.41) is 2.91. The van der Waals surface area contributed by atoms with Crippen molar-refractivity contribution in [3.8, 4) is 5.75 Å².